The number of hydrogen-bond acceptors (Lipinski definition) is 4. The third-order valence-corrected chi connectivity index (χ3v) is 3.49. The van der Waals surface area contributed by atoms with E-state index in [-0.39, 0.29) is 0 Å². The van der Waals surface area contributed by atoms with Crippen LogP contribution in [0.2, 0.25) is 0 Å². The van der Waals surface area contributed by atoms with Gasteiger partial charge in [-0.1, -0.05) is 17.2 Å². The highest BCUT2D eigenvalue weighted by molar-refractivity contribution is 9.10. The Morgan fingerprint density at radius 3 is 2.90 bits per heavy atom. The summed E-state index contributed by atoms with van der Waals surface area (Å²) in [4.78, 5) is 0. The molecule has 3 aromatic rings. The van der Waals surface area contributed by atoms with Gasteiger partial charge in [-0.15, -0.1) is 5.10 Å². The van der Waals surface area contributed by atoms with Crippen molar-refractivity contribution < 1.29 is 9.47 Å². The highest BCUT2D eigenvalue weighted by atomic mass is 79.9. The fourth-order valence-electron chi connectivity index (χ4n) is 1.87. The topological polar surface area (TPSA) is 48.7 Å². The zero-order valence-corrected chi connectivity index (χ0v) is 12.4. The quantitative estimate of drug-likeness (QED) is 0.736. The Hall–Kier alpha value is -2.08. The van der Waals surface area contributed by atoms with Crippen LogP contribution in [0.4, 0.5) is 0 Å². The standard InChI is InChI=1S/C14H12BrN3O2/c1-19-12-6-5-10(8-11(12)15)9-20-14-17-16-13-4-2-3-7-18(13)14/h2-8H,9H2,1H3. The molecule has 0 saturated carbocycles. The first kappa shape index (κ1) is 12.9. The van der Waals surface area contributed by atoms with Crippen LogP contribution < -0.4 is 9.47 Å². The molecule has 6 heteroatoms. The molecule has 2 aromatic heterocycles. The summed E-state index contributed by atoms with van der Waals surface area (Å²) in [6.45, 7) is 0.415. The van der Waals surface area contributed by atoms with Crippen LogP contribution in [0.3, 0.4) is 0 Å². The van der Waals surface area contributed by atoms with Gasteiger partial charge in [-0.3, -0.25) is 4.40 Å². The molecule has 1 aromatic carbocycles. The number of rotatable bonds is 4. The molecule has 0 aliphatic rings. The van der Waals surface area contributed by atoms with Gasteiger partial charge in [0.25, 0.3) is 0 Å². The van der Waals surface area contributed by atoms with Gasteiger partial charge in [-0.2, -0.15) is 0 Å². The third-order valence-electron chi connectivity index (χ3n) is 2.87. The molecular formula is C14H12BrN3O2. The van der Waals surface area contributed by atoms with Crippen molar-refractivity contribution in [3.8, 4) is 11.8 Å². The molecule has 0 amide bonds. The summed E-state index contributed by atoms with van der Waals surface area (Å²) >= 11 is 3.45. The van der Waals surface area contributed by atoms with Gasteiger partial charge in [0.2, 0.25) is 0 Å². The SMILES string of the molecule is COc1ccc(COc2nnc3ccccn23)cc1Br. The number of methoxy groups -OCH3 is 1. The second-order valence-electron chi connectivity index (χ2n) is 4.17. The number of benzene rings is 1. The van der Waals surface area contributed by atoms with Crippen molar-refractivity contribution in [1.29, 1.82) is 0 Å². The maximum absolute atomic E-state index is 5.70. The van der Waals surface area contributed by atoms with Gasteiger partial charge in [0, 0.05) is 6.20 Å². The summed E-state index contributed by atoms with van der Waals surface area (Å²) in [5, 5.41) is 8.06. The molecule has 0 fully saturated rings. The van der Waals surface area contributed by atoms with E-state index in [1.165, 1.54) is 0 Å². The molecule has 0 bridgehead atoms. The van der Waals surface area contributed by atoms with E-state index in [9.17, 15) is 0 Å². The normalized spacial score (nSPS) is 10.7. The fraction of sp³-hybridized carbons (Fsp3) is 0.143. The van der Waals surface area contributed by atoms with Gasteiger partial charge in [0.1, 0.15) is 12.4 Å². The van der Waals surface area contributed by atoms with E-state index < -0.39 is 0 Å². The van der Waals surface area contributed by atoms with Crippen LogP contribution in [-0.4, -0.2) is 21.7 Å². The second kappa shape index (κ2) is 5.50. The Kier molecular flexibility index (Phi) is 3.56. The van der Waals surface area contributed by atoms with E-state index >= 15 is 0 Å². The van der Waals surface area contributed by atoms with E-state index in [0.29, 0.717) is 12.6 Å². The zero-order chi connectivity index (χ0) is 13.9. The van der Waals surface area contributed by atoms with Crippen molar-refractivity contribution in [2.75, 3.05) is 7.11 Å². The molecule has 3 rings (SSSR count). The molecule has 0 spiro atoms. The van der Waals surface area contributed by atoms with Crippen molar-refractivity contribution in [3.05, 3.63) is 52.6 Å². The van der Waals surface area contributed by atoms with Crippen LogP contribution >= 0.6 is 15.9 Å². The Labute approximate surface area is 124 Å². The lowest BCUT2D eigenvalue weighted by atomic mass is 10.2. The highest BCUT2D eigenvalue weighted by Crippen LogP contribution is 2.26. The average Bonchev–Trinajstić information content (AvgIpc) is 2.88. The predicted octanol–water partition coefficient (Wildman–Crippen LogP) is 3.08. The van der Waals surface area contributed by atoms with Gasteiger partial charge < -0.3 is 9.47 Å². The minimum Gasteiger partial charge on any atom is -0.496 e. The molecule has 0 unspecified atom stereocenters. The molecule has 0 radical (unpaired) electrons. The summed E-state index contributed by atoms with van der Waals surface area (Å²) in [6, 6.07) is 12.0. The molecular weight excluding hydrogens is 322 g/mol. The van der Waals surface area contributed by atoms with E-state index in [4.69, 9.17) is 9.47 Å². The number of pyridine rings is 1. The summed E-state index contributed by atoms with van der Waals surface area (Å²) in [5.41, 5.74) is 1.78. The van der Waals surface area contributed by atoms with Crippen LogP contribution in [0.25, 0.3) is 5.65 Å². The third kappa shape index (κ3) is 2.46. The number of nitrogens with zero attached hydrogens (tertiary/aromatic N) is 3. The van der Waals surface area contributed by atoms with E-state index in [1.807, 2.05) is 42.6 Å². The fourth-order valence-corrected chi connectivity index (χ4v) is 2.45. The van der Waals surface area contributed by atoms with E-state index in [0.717, 1.165) is 21.4 Å². The van der Waals surface area contributed by atoms with Crippen molar-refractivity contribution in [3.63, 3.8) is 0 Å². The number of aromatic nitrogens is 3. The summed E-state index contributed by atoms with van der Waals surface area (Å²) in [5.74, 6) is 0.793. The summed E-state index contributed by atoms with van der Waals surface area (Å²) in [7, 11) is 1.64. The Bertz CT molecular complexity index is 742. The lowest BCUT2D eigenvalue weighted by molar-refractivity contribution is 0.277. The number of halogens is 1. The van der Waals surface area contributed by atoms with Gasteiger partial charge in [-0.25, -0.2) is 0 Å². The van der Waals surface area contributed by atoms with Crippen molar-refractivity contribution in [2.45, 2.75) is 6.61 Å². The Balaban J connectivity index is 1.78. The van der Waals surface area contributed by atoms with Crippen molar-refractivity contribution in [1.82, 2.24) is 14.6 Å². The van der Waals surface area contributed by atoms with Crippen molar-refractivity contribution in [2.24, 2.45) is 0 Å². The molecule has 0 saturated heterocycles. The summed E-state index contributed by atoms with van der Waals surface area (Å²) in [6.07, 6.45) is 1.87. The number of ether oxygens (including phenoxy) is 2. The lowest BCUT2D eigenvalue weighted by Gasteiger charge is -2.07. The molecule has 2 heterocycles. The first-order chi connectivity index (χ1) is 9.78. The Morgan fingerprint density at radius 1 is 1.20 bits per heavy atom. The minimum atomic E-state index is 0.415. The first-order valence-electron chi connectivity index (χ1n) is 6.03. The molecule has 0 atom stereocenters. The Morgan fingerprint density at radius 2 is 2.10 bits per heavy atom. The largest absolute Gasteiger partial charge is 0.496 e. The molecule has 0 aliphatic heterocycles. The van der Waals surface area contributed by atoms with Gasteiger partial charge in [0.05, 0.1) is 11.6 Å². The second-order valence-corrected chi connectivity index (χ2v) is 5.02. The maximum atomic E-state index is 5.70. The molecule has 102 valence electrons. The number of fused-ring (bicyclic) bond motifs is 1. The maximum Gasteiger partial charge on any atom is 0.321 e. The van der Waals surface area contributed by atoms with Crippen LogP contribution in [-0.2, 0) is 6.61 Å². The highest BCUT2D eigenvalue weighted by Gasteiger charge is 2.07. The lowest BCUT2D eigenvalue weighted by Crippen LogP contribution is -1.99. The van der Waals surface area contributed by atoms with Crippen LogP contribution in [0.15, 0.2) is 47.1 Å². The van der Waals surface area contributed by atoms with Gasteiger partial charge in [0.15, 0.2) is 5.65 Å². The zero-order valence-electron chi connectivity index (χ0n) is 10.8. The van der Waals surface area contributed by atoms with Gasteiger partial charge >= 0.3 is 6.01 Å². The average molecular weight is 334 g/mol. The van der Waals surface area contributed by atoms with Crippen LogP contribution in [0, 0.1) is 0 Å². The van der Waals surface area contributed by atoms with Crippen molar-refractivity contribution >= 4 is 21.6 Å². The number of hydrogen-bond donors (Lipinski definition) is 0. The monoisotopic (exact) mass is 333 g/mol. The van der Waals surface area contributed by atoms with E-state index in [2.05, 4.69) is 26.1 Å². The molecule has 0 N–H and O–H groups in total. The van der Waals surface area contributed by atoms with Crippen LogP contribution in [0.1, 0.15) is 5.56 Å². The molecule has 5 nitrogen and oxygen atoms in total. The summed E-state index contributed by atoms with van der Waals surface area (Å²) < 4.78 is 13.6. The smallest absolute Gasteiger partial charge is 0.321 e. The minimum absolute atomic E-state index is 0.415. The predicted molar refractivity (Wildman–Crippen MR) is 78.0 cm³/mol. The van der Waals surface area contributed by atoms with E-state index in [1.54, 1.807) is 11.5 Å². The molecule has 0 aliphatic carbocycles. The molecule has 20 heavy (non-hydrogen) atoms. The first-order valence-corrected chi connectivity index (χ1v) is 6.82. The van der Waals surface area contributed by atoms with Gasteiger partial charge in [-0.05, 0) is 45.8 Å². The van der Waals surface area contributed by atoms with Crippen LogP contribution in [0.5, 0.6) is 11.8 Å².